The molecule has 10 heteroatoms. The fourth-order valence-corrected chi connectivity index (χ4v) is 3.11. The molecule has 1 heterocycles. The number of rotatable bonds is 7. The molecule has 1 aromatic carbocycles. The Bertz CT molecular complexity index is 1130. The summed E-state index contributed by atoms with van der Waals surface area (Å²) in [4.78, 5) is 49.1. The largest absolute Gasteiger partial charge is 0.454 e. The Hall–Kier alpha value is -2.84. The number of esters is 1. The van der Waals surface area contributed by atoms with Gasteiger partial charge in [0.05, 0.1) is 0 Å². The molecule has 8 nitrogen and oxygen atoms in total. The number of hydrogen-bond donors (Lipinski definition) is 1. The summed E-state index contributed by atoms with van der Waals surface area (Å²) in [7, 11) is 1.25. The zero-order valence-electron chi connectivity index (χ0n) is 16.6. The Morgan fingerprint density at radius 3 is 2.50 bits per heavy atom. The van der Waals surface area contributed by atoms with E-state index in [0.29, 0.717) is 15.6 Å². The smallest absolute Gasteiger partial charge is 0.332 e. The number of anilines is 1. The minimum absolute atomic E-state index is 0.0492. The van der Waals surface area contributed by atoms with Gasteiger partial charge in [-0.3, -0.25) is 18.7 Å². The Morgan fingerprint density at radius 1 is 1.23 bits per heavy atom. The fourth-order valence-electron chi connectivity index (χ4n) is 2.64. The summed E-state index contributed by atoms with van der Waals surface area (Å²) in [5.74, 6) is -1.83. The third-order valence-electron chi connectivity index (χ3n) is 4.12. The van der Waals surface area contributed by atoms with Crippen LogP contribution in [0, 0.1) is 5.92 Å². The lowest BCUT2D eigenvalue weighted by molar-refractivity contribution is -0.136. The molecular formula is C20H21Cl2N3O5. The van der Waals surface area contributed by atoms with E-state index < -0.39 is 35.2 Å². The van der Waals surface area contributed by atoms with Gasteiger partial charge in [0.25, 0.3) is 5.56 Å². The van der Waals surface area contributed by atoms with Crippen molar-refractivity contribution < 1.29 is 14.3 Å². The number of carbonyl (C=O) groups is 2. The molecule has 0 radical (unpaired) electrons. The van der Waals surface area contributed by atoms with E-state index in [0.717, 1.165) is 15.2 Å². The maximum Gasteiger partial charge on any atom is 0.332 e. The van der Waals surface area contributed by atoms with Gasteiger partial charge in [-0.25, -0.2) is 9.59 Å². The van der Waals surface area contributed by atoms with Gasteiger partial charge in [0.2, 0.25) is 5.78 Å². The number of Topliss-reactive ketones (excluding diaryl/α,β-unsaturated/α-hetero) is 1. The second-order valence-electron chi connectivity index (χ2n) is 6.94. The molecule has 0 fully saturated rings. The molecule has 0 unspecified atom stereocenters. The lowest BCUT2D eigenvalue weighted by Crippen LogP contribution is -2.43. The highest BCUT2D eigenvalue weighted by atomic mass is 35.5. The maximum absolute atomic E-state index is 12.5. The molecule has 1 aromatic heterocycles. The SMILES string of the molecule is CC(C)Cn1c(N)c(C(=O)COC(=O)/C=C/c2ccc(Cl)cc2Cl)c(=O)n(C)c1=O. The molecule has 0 aliphatic rings. The summed E-state index contributed by atoms with van der Waals surface area (Å²) in [6, 6.07) is 4.73. The van der Waals surface area contributed by atoms with Gasteiger partial charge in [-0.05, 0) is 29.7 Å². The van der Waals surface area contributed by atoms with Crippen LogP contribution in [0.5, 0.6) is 0 Å². The predicted molar refractivity (Wildman–Crippen MR) is 116 cm³/mol. The van der Waals surface area contributed by atoms with Crippen LogP contribution in [0.2, 0.25) is 10.0 Å². The predicted octanol–water partition coefficient (Wildman–Crippen LogP) is 2.53. The number of aromatic nitrogens is 2. The van der Waals surface area contributed by atoms with Crippen molar-refractivity contribution in [3.05, 3.63) is 66.3 Å². The average molecular weight is 454 g/mol. The Kier molecular flexibility index (Phi) is 7.64. The second kappa shape index (κ2) is 9.77. The van der Waals surface area contributed by atoms with Crippen LogP contribution in [0.4, 0.5) is 5.82 Å². The number of nitrogen functional groups attached to an aromatic ring is 1. The van der Waals surface area contributed by atoms with Gasteiger partial charge >= 0.3 is 11.7 Å². The first-order valence-electron chi connectivity index (χ1n) is 8.95. The second-order valence-corrected chi connectivity index (χ2v) is 7.79. The van der Waals surface area contributed by atoms with E-state index in [1.165, 1.54) is 19.2 Å². The summed E-state index contributed by atoms with van der Waals surface area (Å²) < 4.78 is 6.87. The Labute approximate surface area is 182 Å². The van der Waals surface area contributed by atoms with E-state index in [9.17, 15) is 19.2 Å². The third-order valence-corrected chi connectivity index (χ3v) is 4.68. The number of nitrogens with zero attached hydrogens (tertiary/aromatic N) is 2. The highest BCUT2D eigenvalue weighted by Crippen LogP contribution is 2.22. The molecule has 2 rings (SSSR count). The highest BCUT2D eigenvalue weighted by molar-refractivity contribution is 6.35. The van der Waals surface area contributed by atoms with Crippen molar-refractivity contribution >= 4 is 46.8 Å². The quantitative estimate of drug-likeness (QED) is 0.391. The normalized spacial score (nSPS) is 11.3. The van der Waals surface area contributed by atoms with Crippen LogP contribution >= 0.6 is 23.2 Å². The van der Waals surface area contributed by atoms with Crippen LogP contribution in [0.1, 0.15) is 29.8 Å². The van der Waals surface area contributed by atoms with Crippen molar-refractivity contribution in [1.29, 1.82) is 0 Å². The summed E-state index contributed by atoms with van der Waals surface area (Å²) in [6.07, 6.45) is 2.49. The van der Waals surface area contributed by atoms with E-state index in [2.05, 4.69) is 0 Å². The Balaban J connectivity index is 2.19. The van der Waals surface area contributed by atoms with Crippen LogP contribution in [0.3, 0.4) is 0 Å². The lowest BCUT2D eigenvalue weighted by Gasteiger charge is -2.16. The first-order valence-corrected chi connectivity index (χ1v) is 9.70. The first kappa shape index (κ1) is 23.4. The third kappa shape index (κ3) is 5.40. The van der Waals surface area contributed by atoms with Gasteiger partial charge in [-0.2, -0.15) is 0 Å². The molecule has 0 spiro atoms. The van der Waals surface area contributed by atoms with E-state index in [1.54, 1.807) is 12.1 Å². The summed E-state index contributed by atoms with van der Waals surface area (Å²) in [6.45, 7) is 3.24. The zero-order chi connectivity index (χ0) is 22.6. The zero-order valence-corrected chi connectivity index (χ0v) is 18.2. The number of nitrogens with two attached hydrogens (primary N) is 1. The number of ketones is 1. The molecule has 0 bridgehead atoms. The van der Waals surface area contributed by atoms with Crippen LogP contribution in [-0.2, 0) is 23.1 Å². The summed E-state index contributed by atoms with van der Waals surface area (Å²) >= 11 is 11.8. The topological polar surface area (TPSA) is 113 Å². The average Bonchev–Trinajstić information content (AvgIpc) is 2.67. The molecule has 0 amide bonds. The van der Waals surface area contributed by atoms with Crippen molar-refractivity contribution in [1.82, 2.24) is 9.13 Å². The van der Waals surface area contributed by atoms with Gasteiger partial charge in [0.1, 0.15) is 11.4 Å². The maximum atomic E-state index is 12.5. The van der Waals surface area contributed by atoms with Gasteiger partial charge in [-0.1, -0.05) is 43.1 Å². The van der Waals surface area contributed by atoms with Gasteiger partial charge < -0.3 is 10.5 Å². The van der Waals surface area contributed by atoms with Crippen molar-refractivity contribution in [2.24, 2.45) is 13.0 Å². The van der Waals surface area contributed by atoms with Crippen molar-refractivity contribution in [2.75, 3.05) is 12.3 Å². The molecule has 0 aliphatic carbocycles. The molecule has 0 atom stereocenters. The monoisotopic (exact) mass is 453 g/mol. The molecule has 160 valence electrons. The van der Waals surface area contributed by atoms with Crippen LogP contribution < -0.4 is 17.0 Å². The number of benzene rings is 1. The van der Waals surface area contributed by atoms with Crippen LogP contribution in [0.15, 0.2) is 33.9 Å². The summed E-state index contributed by atoms with van der Waals surface area (Å²) in [5, 5.41) is 0.787. The standard InChI is InChI=1S/C20H21Cl2N3O5/c1-11(2)9-25-18(23)17(19(28)24(3)20(25)29)15(26)10-30-16(27)7-5-12-4-6-13(21)8-14(12)22/h4-8,11H,9-10,23H2,1-3H3/b7-5+. The minimum Gasteiger partial charge on any atom is -0.454 e. The van der Waals surface area contributed by atoms with E-state index in [1.807, 2.05) is 13.8 Å². The van der Waals surface area contributed by atoms with E-state index in [4.69, 9.17) is 33.7 Å². The fraction of sp³-hybridized carbons (Fsp3) is 0.300. The molecule has 2 aromatic rings. The van der Waals surface area contributed by atoms with E-state index >= 15 is 0 Å². The van der Waals surface area contributed by atoms with Gasteiger partial charge in [0.15, 0.2) is 6.61 Å². The summed E-state index contributed by atoms with van der Waals surface area (Å²) in [5.41, 5.74) is 4.59. The number of halogens is 2. The first-order chi connectivity index (χ1) is 14.0. The van der Waals surface area contributed by atoms with Gasteiger partial charge in [0, 0.05) is 29.7 Å². The highest BCUT2D eigenvalue weighted by Gasteiger charge is 2.22. The molecular weight excluding hydrogens is 433 g/mol. The minimum atomic E-state index is -0.845. The van der Waals surface area contributed by atoms with Crippen LogP contribution in [0.25, 0.3) is 6.08 Å². The van der Waals surface area contributed by atoms with Crippen molar-refractivity contribution in [3.8, 4) is 0 Å². The van der Waals surface area contributed by atoms with E-state index in [-0.39, 0.29) is 18.3 Å². The van der Waals surface area contributed by atoms with Crippen LogP contribution in [-0.4, -0.2) is 27.5 Å². The Morgan fingerprint density at radius 2 is 1.90 bits per heavy atom. The molecule has 2 N–H and O–H groups in total. The lowest BCUT2D eigenvalue weighted by atomic mass is 10.1. The number of carbonyl (C=O) groups excluding carboxylic acids is 2. The van der Waals surface area contributed by atoms with Crippen molar-refractivity contribution in [2.45, 2.75) is 20.4 Å². The number of ether oxygens (including phenoxy) is 1. The molecule has 30 heavy (non-hydrogen) atoms. The van der Waals surface area contributed by atoms with Crippen molar-refractivity contribution in [3.63, 3.8) is 0 Å². The molecule has 0 aliphatic heterocycles. The molecule has 0 saturated heterocycles. The van der Waals surface area contributed by atoms with Gasteiger partial charge in [-0.15, -0.1) is 0 Å². The number of hydrogen-bond acceptors (Lipinski definition) is 6. The molecule has 0 saturated carbocycles.